The summed E-state index contributed by atoms with van der Waals surface area (Å²) in [6.45, 7) is 9.42. The minimum absolute atomic E-state index is 0.0947. The number of rotatable bonds is 34. The number of hydrogen-bond donors (Lipinski definition) is 0. The van der Waals surface area contributed by atoms with Crippen LogP contribution in [0.2, 0.25) is 0 Å². The van der Waals surface area contributed by atoms with Gasteiger partial charge in [0.2, 0.25) is 0 Å². The molecule has 0 spiro atoms. The quantitative estimate of drug-likeness (QED) is 0.0228. The van der Waals surface area contributed by atoms with Crippen LogP contribution in [0.25, 0.3) is 33.1 Å². The summed E-state index contributed by atoms with van der Waals surface area (Å²) in [4.78, 5) is 26.2. The van der Waals surface area contributed by atoms with Gasteiger partial charge in [-0.25, -0.2) is 9.59 Å². The van der Waals surface area contributed by atoms with E-state index >= 15 is 0 Å². The van der Waals surface area contributed by atoms with Gasteiger partial charge in [0.1, 0.15) is 11.2 Å². The Kier molecular flexibility index (Phi) is 22.4. The maximum atomic E-state index is 11.6. The smallest absolute Gasteiger partial charge is 0.336 e. The molecule has 0 saturated carbocycles. The van der Waals surface area contributed by atoms with Gasteiger partial charge in [0.15, 0.2) is 0 Å². The second-order valence-corrected chi connectivity index (χ2v) is 23.4. The Morgan fingerprint density at radius 1 is 0.408 bits per heavy atom. The van der Waals surface area contributed by atoms with Crippen molar-refractivity contribution in [1.29, 1.82) is 0 Å². The molecule has 2 aromatic heterocycles. The molecule has 1 aliphatic carbocycles. The Morgan fingerprint density at radius 2 is 0.789 bits per heavy atom. The number of benzene rings is 4. The van der Waals surface area contributed by atoms with Gasteiger partial charge < -0.3 is 8.83 Å². The molecule has 1 aliphatic rings. The minimum Gasteiger partial charge on any atom is -0.423 e. The van der Waals surface area contributed by atoms with E-state index < -0.39 is 0 Å². The molecule has 6 heteroatoms. The van der Waals surface area contributed by atoms with Crippen LogP contribution in [0.5, 0.6) is 0 Å². The fourth-order valence-corrected chi connectivity index (χ4v) is 13.5. The number of aryl methyl sites for hydroxylation is 4. The van der Waals surface area contributed by atoms with Gasteiger partial charge in [0.25, 0.3) is 0 Å². The highest BCUT2D eigenvalue weighted by atomic mass is 32.2. The maximum absolute atomic E-state index is 11.6. The second-order valence-electron chi connectivity index (χ2n) is 21.1. The van der Waals surface area contributed by atoms with E-state index in [0.29, 0.717) is 11.2 Å². The average Bonchev–Trinajstić information content (AvgIpc) is 3.61. The van der Waals surface area contributed by atoms with Crippen LogP contribution in [0.15, 0.2) is 113 Å². The Hall–Kier alpha value is -4.00. The summed E-state index contributed by atoms with van der Waals surface area (Å²) in [5.74, 6) is 2.38. The molecule has 0 saturated heterocycles. The van der Waals surface area contributed by atoms with E-state index in [0.717, 1.165) is 23.6 Å². The van der Waals surface area contributed by atoms with Gasteiger partial charge in [-0.2, -0.15) is 0 Å². The molecule has 0 fully saturated rings. The van der Waals surface area contributed by atoms with E-state index in [9.17, 15) is 9.59 Å². The summed E-state index contributed by atoms with van der Waals surface area (Å²) in [5.41, 5.74) is 12.8. The zero-order valence-electron chi connectivity index (χ0n) is 44.2. The molecule has 382 valence electrons. The summed E-state index contributed by atoms with van der Waals surface area (Å²) in [7, 11) is 0. The molecule has 4 nitrogen and oxygen atoms in total. The molecule has 71 heavy (non-hydrogen) atoms. The highest BCUT2D eigenvalue weighted by Gasteiger charge is 2.43. The molecule has 2 heterocycles. The first-order valence-corrected chi connectivity index (χ1v) is 30.4. The molecule has 0 N–H and O–H groups in total. The van der Waals surface area contributed by atoms with E-state index in [1.54, 1.807) is 11.1 Å². The van der Waals surface area contributed by atoms with Gasteiger partial charge in [0, 0.05) is 38.1 Å². The highest BCUT2D eigenvalue weighted by molar-refractivity contribution is 7.99. The van der Waals surface area contributed by atoms with Crippen LogP contribution >= 0.6 is 23.5 Å². The zero-order valence-corrected chi connectivity index (χ0v) is 45.9. The van der Waals surface area contributed by atoms with E-state index in [-0.39, 0.29) is 16.7 Å². The van der Waals surface area contributed by atoms with Crippen LogP contribution in [-0.4, -0.2) is 11.5 Å². The largest absolute Gasteiger partial charge is 0.423 e. The van der Waals surface area contributed by atoms with Gasteiger partial charge in [-0.15, -0.1) is 23.5 Å². The third-order valence-corrected chi connectivity index (χ3v) is 18.0. The van der Waals surface area contributed by atoms with Gasteiger partial charge in [-0.1, -0.05) is 167 Å². The lowest BCUT2D eigenvalue weighted by atomic mass is 9.70. The Labute approximate surface area is 436 Å². The van der Waals surface area contributed by atoms with Crippen LogP contribution in [0.1, 0.15) is 214 Å². The fraction of sp³-hybridized carbons (Fsp3) is 0.538. The molecule has 0 unspecified atom stereocenters. The first-order valence-electron chi connectivity index (χ1n) is 28.4. The standard InChI is InChI=1S/C65H86O4S2/c1-5-7-9-11-19-25-39-65(40-26-20-12-10-8-6-2)57-47-61(70-41-27-21-15-13-17-23-29-51-31-35-59-53(45-51)33-37-63(66)68-59)49(3)43-55(57)56-44-50(4)62(48-58(56)65)71-42-28-22-16-14-18-24-30-52-32-36-60-54(46-52)34-38-64(67)69-60/h31-38,43-48H,5-30,39-42H2,1-4H3. The zero-order chi connectivity index (χ0) is 49.7. The molecule has 6 aromatic rings. The average molecular weight is 996 g/mol. The second kappa shape index (κ2) is 29.0. The van der Waals surface area contributed by atoms with Crippen molar-refractivity contribution in [2.75, 3.05) is 11.5 Å². The lowest BCUT2D eigenvalue weighted by Crippen LogP contribution is -2.26. The van der Waals surface area contributed by atoms with Gasteiger partial charge in [-0.3, -0.25) is 0 Å². The summed E-state index contributed by atoms with van der Waals surface area (Å²) in [6.07, 6.45) is 36.1. The molecule has 0 amide bonds. The van der Waals surface area contributed by atoms with Gasteiger partial charge >= 0.3 is 11.3 Å². The van der Waals surface area contributed by atoms with Crippen molar-refractivity contribution < 1.29 is 8.83 Å². The minimum atomic E-state index is -0.285. The molecule has 0 atom stereocenters. The Morgan fingerprint density at radius 3 is 1.21 bits per heavy atom. The van der Waals surface area contributed by atoms with Crippen molar-refractivity contribution in [1.82, 2.24) is 0 Å². The topological polar surface area (TPSA) is 60.4 Å². The van der Waals surface area contributed by atoms with Gasteiger partial charge in [-0.05, 0) is 170 Å². The van der Waals surface area contributed by atoms with Crippen LogP contribution < -0.4 is 11.3 Å². The lowest BCUT2D eigenvalue weighted by molar-refractivity contribution is 0.397. The third-order valence-electron chi connectivity index (χ3n) is 15.5. The SMILES string of the molecule is CCCCCCCCC1(CCCCCCCC)c2cc(SCCCCCCCCc3ccc4oc(=O)ccc4c3)c(C)cc2-c2cc(C)c(SCCCCCCCCc3ccc4oc(=O)ccc4c3)cc21. The summed E-state index contributed by atoms with van der Waals surface area (Å²) >= 11 is 4.24. The maximum Gasteiger partial charge on any atom is 0.336 e. The molecule has 4 aromatic carbocycles. The van der Waals surface area contributed by atoms with E-state index in [4.69, 9.17) is 8.83 Å². The normalized spacial score (nSPS) is 12.8. The Balaban J connectivity index is 0.947. The summed E-state index contributed by atoms with van der Waals surface area (Å²) < 4.78 is 10.6. The number of hydrogen-bond acceptors (Lipinski definition) is 6. The first-order chi connectivity index (χ1) is 34.8. The molecule has 0 aliphatic heterocycles. The number of thioether (sulfide) groups is 2. The molecular weight excluding hydrogens is 909 g/mol. The Bertz CT molecular complexity index is 2510. The highest BCUT2D eigenvalue weighted by Crippen LogP contribution is 2.56. The predicted octanol–water partition coefficient (Wildman–Crippen LogP) is 19.6. The van der Waals surface area contributed by atoms with Crippen molar-refractivity contribution in [3.63, 3.8) is 0 Å². The number of unbranched alkanes of at least 4 members (excludes halogenated alkanes) is 20. The van der Waals surface area contributed by atoms with Crippen molar-refractivity contribution in [3.05, 3.63) is 139 Å². The molecule has 0 bridgehead atoms. The van der Waals surface area contributed by atoms with E-state index in [2.05, 4.69) is 99.7 Å². The van der Waals surface area contributed by atoms with Crippen LogP contribution in [0.4, 0.5) is 0 Å². The monoisotopic (exact) mass is 995 g/mol. The van der Waals surface area contributed by atoms with E-state index in [1.165, 1.54) is 234 Å². The van der Waals surface area contributed by atoms with Crippen molar-refractivity contribution >= 4 is 45.5 Å². The molecular formula is C65H86O4S2. The molecule has 0 radical (unpaired) electrons. The van der Waals surface area contributed by atoms with Crippen molar-refractivity contribution in [2.24, 2.45) is 0 Å². The summed E-state index contributed by atoms with van der Waals surface area (Å²) in [5, 5.41) is 2.03. The van der Waals surface area contributed by atoms with Crippen molar-refractivity contribution in [3.8, 4) is 11.1 Å². The van der Waals surface area contributed by atoms with E-state index in [1.807, 2.05) is 24.3 Å². The first kappa shape index (κ1) is 54.8. The van der Waals surface area contributed by atoms with Crippen LogP contribution in [0, 0.1) is 13.8 Å². The third kappa shape index (κ3) is 16.0. The summed E-state index contributed by atoms with van der Waals surface area (Å²) in [6, 6.07) is 29.8. The van der Waals surface area contributed by atoms with Gasteiger partial charge in [0.05, 0.1) is 0 Å². The predicted molar refractivity (Wildman–Crippen MR) is 307 cm³/mol. The molecule has 7 rings (SSSR count). The van der Waals surface area contributed by atoms with Crippen molar-refractivity contribution in [2.45, 2.75) is 223 Å². The van der Waals surface area contributed by atoms with Crippen LogP contribution in [0.3, 0.4) is 0 Å². The lowest BCUT2D eigenvalue weighted by Gasteiger charge is -2.34. The number of fused-ring (bicyclic) bond motifs is 5. The fourth-order valence-electron chi connectivity index (χ4n) is 11.3. The van der Waals surface area contributed by atoms with Crippen LogP contribution in [-0.2, 0) is 18.3 Å².